The Morgan fingerprint density at radius 2 is 1.65 bits per heavy atom. The molecule has 5 rings (SSSR count). The van der Waals surface area contributed by atoms with E-state index in [0.717, 1.165) is 37.0 Å². The maximum atomic E-state index is 11.0. The van der Waals surface area contributed by atoms with Crippen LogP contribution in [0.1, 0.15) is 105 Å². The van der Waals surface area contributed by atoms with Gasteiger partial charge in [0.1, 0.15) is 0 Å². The fourth-order valence-electron chi connectivity index (χ4n) is 9.48. The van der Waals surface area contributed by atoms with Gasteiger partial charge in [-0.1, -0.05) is 63.3 Å². The van der Waals surface area contributed by atoms with Gasteiger partial charge < -0.3 is 10.2 Å². The monoisotopic (exact) mass is 426 g/mol. The topological polar surface area (TPSA) is 40.5 Å². The molecule has 2 nitrogen and oxygen atoms in total. The van der Waals surface area contributed by atoms with E-state index in [0.29, 0.717) is 22.7 Å². The van der Waals surface area contributed by atoms with Gasteiger partial charge in [0.25, 0.3) is 0 Å². The van der Waals surface area contributed by atoms with Crippen LogP contribution in [0.2, 0.25) is 0 Å². The van der Waals surface area contributed by atoms with Crippen molar-refractivity contribution in [1.82, 2.24) is 0 Å². The molecule has 174 valence electrons. The van der Waals surface area contributed by atoms with Gasteiger partial charge in [0, 0.05) is 5.92 Å². The van der Waals surface area contributed by atoms with Crippen molar-refractivity contribution in [1.29, 1.82) is 0 Å². The quantitative estimate of drug-likeness (QED) is 0.486. The van der Waals surface area contributed by atoms with Gasteiger partial charge in [0.2, 0.25) is 0 Å². The van der Waals surface area contributed by atoms with Crippen LogP contribution in [0.25, 0.3) is 0 Å². The molecule has 0 aliphatic heterocycles. The van der Waals surface area contributed by atoms with Gasteiger partial charge >= 0.3 is 0 Å². The second-order valence-electron chi connectivity index (χ2n) is 12.4. The molecule has 0 heterocycles. The van der Waals surface area contributed by atoms with Crippen molar-refractivity contribution in [2.75, 3.05) is 0 Å². The second kappa shape index (κ2) is 8.01. The Morgan fingerprint density at radius 3 is 2.35 bits per heavy atom. The van der Waals surface area contributed by atoms with Gasteiger partial charge in [-0.3, -0.25) is 0 Å². The molecular weight excluding hydrogens is 380 g/mol. The average molecular weight is 427 g/mol. The molecule has 4 unspecified atom stereocenters. The third-order valence-corrected chi connectivity index (χ3v) is 11.1. The van der Waals surface area contributed by atoms with Gasteiger partial charge in [-0.25, -0.2) is 0 Å². The molecule has 0 aromatic heterocycles. The van der Waals surface area contributed by atoms with E-state index in [1.54, 1.807) is 16.7 Å². The Hall–Kier alpha value is -0.600. The molecule has 0 amide bonds. The summed E-state index contributed by atoms with van der Waals surface area (Å²) in [5.74, 6) is 3.38. The van der Waals surface area contributed by atoms with E-state index >= 15 is 0 Å². The van der Waals surface area contributed by atoms with Crippen LogP contribution in [0.5, 0.6) is 0 Å². The third-order valence-electron chi connectivity index (χ3n) is 11.1. The number of allylic oxidation sites excluding steroid dienone is 2. The highest BCUT2D eigenvalue weighted by Gasteiger charge is 2.60. The molecule has 0 aromatic carbocycles. The third kappa shape index (κ3) is 3.25. The minimum absolute atomic E-state index is 0.115. The zero-order valence-electron chi connectivity index (χ0n) is 20.5. The molecule has 0 saturated heterocycles. The first-order valence-electron chi connectivity index (χ1n) is 13.6. The zero-order valence-corrected chi connectivity index (χ0v) is 20.5. The van der Waals surface area contributed by atoms with Crippen LogP contribution >= 0.6 is 0 Å². The maximum absolute atomic E-state index is 11.0. The van der Waals surface area contributed by atoms with Crippen LogP contribution in [-0.4, -0.2) is 22.4 Å². The van der Waals surface area contributed by atoms with Crippen LogP contribution in [-0.2, 0) is 0 Å². The Bertz CT molecular complexity index is 765. The molecule has 2 heteroatoms. The van der Waals surface area contributed by atoms with E-state index in [4.69, 9.17) is 0 Å². The Kier molecular flexibility index (Phi) is 5.74. The lowest BCUT2D eigenvalue weighted by atomic mass is 9.44. The van der Waals surface area contributed by atoms with Crippen LogP contribution < -0.4 is 0 Å². The van der Waals surface area contributed by atoms with Crippen molar-refractivity contribution >= 4 is 0 Å². The summed E-state index contributed by atoms with van der Waals surface area (Å²) < 4.78 is 0. The molecule has 5 aliphatic carbocycles. The highest BCUT2D eigenvalue weighted by Crippen LogP contribution is 2.69. The fraction of sp³-hybridized carbons (Fsp3) is 0.862. The zero-order chi connectivity index (χ0) is 22.0. The number of aliphatic hydroxyl groups excluding tert-OH is 2. The van der Waals surface area contributed by atoms with E-state index in [9.17, 15) is 10.2 Å². The standard InChI is InChI=1S/C29H46O2/c1-5-18-15-20-17-21(30)11-13-28(20,3)23-12-14-29(4)24(26(18)23)16-19(6-2)27(29)22-9-7-8-10-25(22)31/h15,18,21-26,30-31H,5-14,16-17H2,1-4H3/t18?,21?,22?,23-,24+,25?,26-,28+,29+/m1/s1. The van der Waals surface area contributed by atoms with E-state index in [-0.39, 0.29) is 12.2 Å². The predicted octanol–water partition coefficient (Wildman–Crippen LogP) is 6.81. The molecule has 9 atom stereocenters. The van der Waals surface area contributed by atoms with Crippen LogP contribution in [0, 0.1) is 40.4 Å². The Balaban J connectivity index is 1.54. The highest BCUT2D eigenvalue weighted by molar-refractivity contribution is 5.37. The molecule has 5 aliphatic rings. The molecule has 0 aromatic rings. The molecule has 3 saturated carbocycles. The van der Waals surface area contributed by atoms with Crippen LogP contribution in [0.4, 0.5) is 0 Å². The summed E-state index contributed by atoms with van der Waals surface area (Å²) >= 11 is 0. The Morgan fingerprint density at radius 1 is 0.903 bits per heavy atom. The largest absolute Gasteiger partial charge is 0.393 e. The summed E-state index contributed by atoms with van der Waals surface area (Å²) in [6.45, 7) is 9.91. The average Bonchev–Trinajstić information content (AvgIpc) is 3.06. The molecule has 0 bridgehead atoms. The molecule has 31 heavy (non-hydrogen) atoms. The van der Waals surface area contributed by atoms with Crippen molar-refractivity contribution < 1.29 is 10.2 Å². The summed E-state index contributed by atoms with van der Waals surface area (Å²) in [5, 5.41) is 21.4. The van der Waals surface area contributed by atoms with E-state index < -0.39 is 0 Å². The van der Waals surface area contributed by atoms with E-state index in [1.165, 1.54) is 57.8 Å². The molecular formula is C29H46O2. The molecule has 2 N–H and O–H groups in total. The number of aliphatic hydroxyl groups is 2. The molecule has 0 radical (unpaired) electrons. The normalized spacial score (nSPS) is 49.9. The SMILES string of the molecule is CCC1=C(C2CCCCC2O)[C@@]2(C)CC[C@@H]3[C@@H](C(CC)C=C4CC(O)CC[C@@]43C)[C@@H]2C1. The minimum atomic E-state index is -0.124. The Labute approximate surface area is 190 Å². The first kappa shape index (κ1) is 22.2. The lowest BCUT2D eigenvalue weighted by Gasteiger charge is -2.60. The summed E-state index contributed by atoms with van der Waals surface area (Å²) in [5.41, 5.74) is 5.62. The van der Waals surface area contributed by atoms with E-state index in [1.807, 2.05) is 0 Å². The van der Waals surface area contributed by atoms with Crippen molar-refractivity contribution in [3.05, 3.63) is 22.8 Å². The summed E-state index contributed by atoms with van der Waals surface area (Å²) in [6.07, 6.45) is 16.5. The number of rotatable bonds is 3. The van der Waals surface area contributed by atoms with Crippen LogP contribution in [0.3, 0.4) is 0 Å². The lowest BCUT2D eigenvalue weighted by molar-refractivity contribution is -0.0572. The molecule has 0 spiro atoms. The van der Waals surface area contributed by atoms with Gasteiger partial charge in [-0.05, 0) is 98.7 Å². The van der Waals surface area contributed by atoms with Gasteiger partial charge in [-0.15, -0.1) is 0 Å². The number of hydrogen-bond donors (Lipinski definition) is 2. The van der Waals surface area contributed by atoms with Gasteiger partial charge in [0.05, 0.1) is 12.2 Å². The maximum Gasteiger partial charge on any atom is 0.0605 e. The first-order valence-corrected chi connectivity index (χ1v) is 13.6. The van der Waals surface area contributed by atoms with E-state index in [2.05, 4.69) is 33.8 Å². The number of fused-ring (bicyclic) bond motifs is 5. The summed E-state index contributed by atoms with van der Waals surface area (Å²) in [7, 11) is 0. The minimum Gasteiger partial charge on any atom is -0.393 e. The van der Waals surface area contributed by atoms with Crippen molar-refractivity contribution in [2.24, 2.45) is 40.4 Å². The van der Waals surface area contributed by atoms with Gasteiger partial charge in [0.15, 0.2) is 0 Å². The number of hydrogen-bond acceptors (Lipinski definition) is 2. The van der Waals surface area contributed by atoms with Crippen molar-refractivity contribution in [3.63, 3.8) is 0 Å². The van der Waals surface area contributed by atoms with Gasteiger partial charge in [-0.2, -0.15) is 0 Å². The summed E-state index contributed by atoms with van der Waals surface area (Å²) in [6, 6.07) is 0. The van der Waals surface area contributed by atoms with Crippen molar-refractivity contribution in [3.8, 4) is 0 Å². The van der Waals surface area contributed by atoms with Crippen LogP contribution in [0.15, 0.2) is 22.8 Å². The first-order chi connectivity index (χ1) is 14.8. The highest BCUT2D eigenvalue weighted by atomic mass is 16.3. The fourth-order valence-corrected chi connectivity index (χ4v) is 9.48. The van der Waals surface area contributed by atoms with Crippen molar-refractivity contribution in [2.45, 2.75) is 117 Å². The predicted molar refractivity (Wildman–Crippen MR) is 128 cm³/mol. The second-order valence-corrected chi connectivity index (χ2v) is 12.4. The lowest BCUT2D eigenvalue weighted by Crippen LogP contribution is -2.53. The molecule has 3 fully saturated rings. The summed E-state index contributed by atoms with van der Waals surface area (Å²) in [4.78, 5) is 0. The smallest absolute Gasteiger partial charge is 0.0605 e.